The zero-order valence-electron chi connectivity index (χ0n) is 18.6. The number of thioether (sulfide) groups is 1. The molecule has 0 aliphatic carbocycles. The number of unbranched alkanes of at least 4 members (excludes halogenated alkanes) is 2. The summed E-state index contributed by atoms with van der Waals surface area (Å²) < 4.78 is 33.4. The molecule has 0 atom stereocenters. The molecule has 2 aliphatic rings. The first-order valence-electron chi connectivity index (χ1n) is 10.7. The molecule has 0 fully saturated rings. The lowest BCUT2D eigenvalue weighted by Gasteiger charge is -2.34. The predicted octanol–water partition coefficient (Wildman–Crippen LogP) is 4.92. The molecule has 0 saturated heterocycles. The highest BCUT2D eigenvalue weighted by Crippen LogP contribution is 2.42. The number of fused-ring (bicyclic) bond motifs is 2. The Morgan fingerprint density at radius 2 is 1.93 bits per heavy atom. The lowest BCUT2D eigenvalue weighted by atomic mass is 9.84. The Kier molecular flexibility index (Phi) is 6.95. The summed E-state index contributed by atoms with van der Waals surface area (Å²) in [4.78, 5) is 12.4. The van der Waals surface area contributed by atoms with Gasteiger partial charge in [-0.2, -0.15) is 11.8 Å². The first kappa shape index (κ1) is 22.9. The van der Waals surface area contributed by atoms with Crippen LogP contribution in [0.2, 0.25) is 0 Å². The van der Waals surface area contributed by atoms with E-state index in [0.29, 0.717) is 42.2 Å². The van der Waals surface area contributed by atoms with Gasteiger partial charge in [0, 0.05) is 42.8 Å². The van der Waals surface area contributed by atoms with Crippen LogP contribution in [0.15, 0.2) is 23.4 Å². The fourth-order valence-corrected chi connectivity index (χ4v) is 5.26. The summed E-state index contributed by atoms with van der Waals surface area (Å²) in [5.41, 5.74) is 4.78. The molecule has 0 spiro atoms. The van der Waals surface area contributed by atoms with Gasteiger partial charge in [0.2, 0.25) is 5.91 Å². The van der Waals surface area contributed by atoms with Crippen molar-refractivity contribution in [1.29, 1.82) is 0 Å². The van der Waals surface area contributed by atoms with E-state index in [9.17, 15) is 4.79 Å². The molecule has 0 unspecified atom stereocenters. The number of carbonyl (C=O) groups is 1. The third kappa shape index (κ3) is 4.16. The van der Waals surface area contributed by atoms with Gasteiger partial charge in [0.1, 0.15) is 5.71 Å². The smallest absolute Gasteiger partial charge is 0.394 e. The monoisotopic (exact) mass is 435 g/mol. The van der Waals surface area contributed by atoms with Gasteiger partial charge in [-0.05, 0) is 69.4 Å². The van der Waals surface area contributed by atoms with E-state index in [1.54, 1.807) is 13.8 Å². The average Bonchev–Trinajstić information content (AvgIpc) is 3.14. The summed E-state index contributed by atoms with van der Waals surface area (Å²) >= 11 is 1.84. The van der Waals surface area contributed by atoms with Crippen molar-refractivity contribution in [3.05, 3.63) is 40.4 Å². The van der Waals surface area contributed by atoms with Crippen molar-refractivity contribution >= 4 is 35.9 Å². The summed E-state index contributed by atoms with van der Waals surface area (Å²) in [6, 6.07) is 1.82. The maximum Gasteiger partial charge on any atom is 0.737 e. The van der Waals surface area contributed by atoms with Crippen molar-refractivity contribution in [1.82, 2.24) is 9.79 Å². The van der Waals surface area contributed by atoms with Crippen LogP contribution in [0.3, 0.4) is 0 Å². The molecule has 3 heterocycles. The second-order valence-corrected chi connectivity index (χ2v) is 9.33. The average molecular weight is 435 g/mol. The number of rotatable bonds is 9. The minimum Gasteiger partial charge on any atom is -0.394 e. The second kappa shape index (κ2) is 9.12. The molecule has 0 saturated carbocycles. The molecule has 0 aromatic carbocycles. The number of halogens is 2. The Morgan fingerprint density at radius 1 is 1.20 bits per heavy atom. The largest absolute Gasteiger partial charge is 0.737 e. The first-order valence-corrected chi connectivity index (χ1v) is 12.1. The lowest BCUT2D eigenvalue weighted by molar-refractivity contribution is -0.363. The van der Waals surface area contributed by atoms with E-state index < -0.39 is 6.97 Å². The fourth-order valence-electron chi connectivity index (χ4n) is 4.77. The van der Waals surface area contributed by atoms with Crippen LogP contribution >= 0.6 is 11.8 Å². The number of hydrogen-bond acceptors (Lipinski definition) is 2. The van der Waals surface area contributed by atoms with Crippen molar-refractivity contribution in [2.45, 2.75) is 59.8 Å². The van der Waals surface area contributed by atoms with Crippen molar-refractivity contribution < 1.29 is 17.9 Å². The van der Waals surface area contributed by atoms with E-state index in [1.165, 1.54) is 8.96 Å². The Labute approximate surface area is 182 Å². The van der Waals surface area contributed by atoms with E-state index in [1.807, 2.05) is 37.8 Å². The molecule has 4 nitrogen and oxygen atoms in total. The molecule has 1 amide bonds. The minimum absolute atomic E-state index is 0.0184. The Hall–Kier alpha value is -1.83. The third-order valence-electron chi connectivity index (χ3n) is 5.98. The molecule has 0 radical (unpaired) electrons. The maximum absolute atomic E-state index is 15.5. The summed E-state index contributed by atoms with van der Waals surface area (Å²) in [6.45, 7) is 3.93. The van der Waals surface area contributed by atoms with E-state index in [-0.39, 0.29) is 5.91 Å². The Bertz CT molecular complexity index is 946. The summed E-state index contributed by atoms with van der Waals surface area (Å²) in [6.07, 6.45) is 7.90. The van der Waals surface area contributed by atoms with Gasteiger partial charge in [0.05, 0.1) is 0 Å². The standard InChI is InChI=1S/C22H32BF2N3OS/c1-15-13-17(3)27-21(15)19(9-10-20(29)26-11-7-6-8-12-30-5)22-16(2)14-18(4)28(22)23(27,24)25/h13-14H,6-12H2,1-5H3,(H,26,29). The van der Waals surface area contributed by atoms with Gasteiger partial charge in [0.15, 0.2) is 5.70 Å². The molecular formula is C22H32BF2N3OS. The molecule has 8 heteroatoms. The summed E-state index contributed by atoms with van der Waals surface area (Å²) in [7, 11) is 0. The summed E-state index contributed by atoms with van der Waals surface area (Å²) in [5.74, 6) is 1.13. The van der Waals surface area contributed by atoms with Crippen LogP contribution in [-0.2, 0) is 4.79 Å². The molecule has 30 heavy (non-hydrogen) atoms. The zero-order chi connectivity index (χ0) is 22.1. The molecular weight excluding hydrogens is 403 g/mol. The normalized spacial score (nSPS) is 17.2. The van der Waals surface area contributed by atoms with Crippen molar-refractivity contribution in [2.75, 3.05) is 18.6 Å². The summed E-state index contributed by atoms with van der Waals surface area (Å²) in [5, 5.41) is 2.99. The van der Waals surface area contributed by atoms with E-state index in [2.05, 4.69) is 11.6 Å². The number of aromatic nitrogens is 1. The topological polar surface area (TPSA) is 37.0 Å². The number of nitrogens with zero attached hydrogens (tertiary/aromatic N) is 2. The van der Waals surface area contributed by atoms with Gasteiger partial charge >= 0.3 is 6.97 Å². The molecule has 164 valence electrons. The van der Waals surface area contributed by atoms with Gasteiger partial charge in [-0.25, -0.2) is 0 Å². The molecule has 0 bridgehead atoms. The molecule has 3 rings (SSSR count). The van der Waals surface area contributed by atoms with Gasteiger partial charge in [-0.1, -0.05) is 6.42 Å². The van der Waals surface area contributed by atoms with Crippen LogP contribution < -0.4 is 5.32 Å². The minimum atomic E-state index is -3.95. The highest BCUT2D eigenvalue weighted by Gasteiger charge is 2.54. The first-order chi connectivity index (χ1) is 14.2. The van der Waals surface area contributed by atoms with E-state index in [4.69, 9.17) is 0 Å². The highest BCUT2D eigenvalue weighted by atomic mass is 32.2. The van der Waals surface area contributed by atoms with Crippen molar-refractivity contribution in [2.24, 2.45) is 0 Å². The second-order valence-electron chi connectivity index (χ2n) is 8.34. The molecule has 1 aromatic rings. The van der Waals surface area contributed by atoms with Gasteiger partial charge < -0.3 is 22.9 Å². The number of carbonyl (C=O) groups excluding carboxylic acids is 1. The third-order valence-corrected chi connectivity index (χ3v) is 6.68. The van der Waals surface area contributed by atoms with Crippen LogP contribution in [0.4, 0.5) is 8.63 Å². The quantitative estimate of drug-likeness (QED) is 0.442. The number of amides is 1. The van der Waals surface area contributed by atoms with Crippen LogP contribution in [0, 0.1) is 13.8 Å². The predicted molar refractivity (Wildman–Crippen MR) is 123 cm³/mol. The number of hydrogen-bond donors (Lipinski definition) is 1. The molecule has 1 aromatic heterocycles. The van der Waals surface area contributed by atoms with Crippen LogP contribution in [0.1, 0.15) is 62.9 Å². The fraction of sp³-hybridized carbons (Fsp3) is 0.545. The maximum atomic E-state index is 15.5. The van der Waals surface area contributed by atoms with E-state index >= 15 is 8.63 Å². The van der Waals surface area contributed by atoms with Gasteiger partial charge in [-0.15, -0.1) is 0 Å². The van der Waals surface area contributed by atoms with Crippen LogP contribution in [0.25, 0.3) is 5.57 Å². The van der Waals surface area contributed by atoms with Gasteiger partial charge in [-0.3, -0.25) is 4.79 Å². The molecule has 1 N–H and O–H groups in total. The number of aryl methyl sites for hydroxylation is 2. The SMILES string of the molecule is CSCCCCCNC(=O)CCC1=C2C(C)=CC(C)=[N+]2[B-](F)(F)n2c(C)cc(C)c21. The lowest BCUT2D eigenvalue weighted by Crippen LogP contribution is -2.51. The zero-order valence-corrected chi connectivity index (χ0v) is 19.5. The van der Waals surface area contributed by atoms with Crippen LogP contribution in [-0.4, -0.2) is 46.1 Å². The van der Waals surface area contributed by atoms with E-state index in [0.717, 1.165) is 41.7 Å². The Balaban J connectivity index is 1.80. The number of nitrogens with one attached hydrogen (secondary N) is 1. The van der Waals surface area contributed by atoms with Gasteiger partial charge in [0.25, 0.3) is 0 Å². The van der Waals surface area contributed by atoms with Crippen LogP contribution in [0.5, 0.6) is 0 Å². The van der Waals surface area contributed by atoms with Crippen molar-refractivity contribution in [3.8, 4) is 0 Å². The molecule has 2 aliphatic heterocycles. The van der Waals surface area contributed by atoms with Crippen molar-refractivity contribution in [3.63, 3.8) is 0 Å². The number of allylic oxidation sites excluding steroid dienone is 3. The highest BCUT2D eigenvalue weighted by molar-refractivity contribution is 7.98. The Morgan fingerprint density at radius 3 is 2.63 bits per heavy atom.